The summed E-state index contributed by atoms with van der Waals surface area (Å²) in [6, 6.07) is 15.4. The van der Waals surface area contributed by atoms with Crippen LogP contribution in [0.2, 0.25) is 0 Å². The van der Waals surface area contributed by atoms with E-state index in [1.807, 2.05) is 25.1 Å². The number of carbonyl (C=O) groups is 1. The van der Waals surface area contributed by atoms with E-state index in [1.54, 1.807) is 24.3 Å². The Morgan fingerprint density at radius 3 is 2.41 bits per heavy atom. The number of amides is 1. The molecule has 5 nitrogen and oxygen atoms in total. The van der Waals surface area contributed by atoms with Gasteiger partial charge in [0.05, 0.1) is 11.4 Å². The average molecular weight is 318 g/mol. The summed E-state index contributed by atoms with van der Waals surface area (Å²) in [5.41, 5.74) is 1.67. The van der Waals surface area contributed by atoms with Gasteiger partial charge in [-0.1, -0.05) is 30.3 Å². The quantitative estimate of drug-likeness (QED) is 0.919. The fourth-order valence-electron chi connectivity index (χ4n) is 1.98. The van der Waals surface area contributed by atoms with Crippen LogP contribution in [0.5, 0.6) is 0 Å². The van der Waals surface area contributed by atoms with Gasteiger partial charge in [0, 0.05) is 12.7 Å². The highest BCUT2D eigenvalue weighted by molar-refractivity contribution is 7.89. The highest BCUT2D eigenvalue weighted by Crippen LogP contribution is 2.14. The molecule has 0 fully saturated rings. The van der Waals surface area contributed by atoms with Crippen LogP contribution in [0.15, 0.2) is 59.5 Å². The van der Waals surface area contributed by atoms with Crippen LogP contribution >= 0.6 is 0 Å². The van der Waals surface area contributed by atoms with Crippen molar-refractivity contribution in [3.8, 4) is 0 Å². The summed E-state index contributed by atoms with van der Waals surface area (Å²) in [7, 11) is -2.27. The van der Waals surface area contributed by atoms with E-state index < -0.39 is 10.0 Å². The Balaban J connectivity index is 2.05. The summed E-state index contributed by atoms with van der Waals surface area (Å²) in [6.45, 7) is 1.67. The van der Waals surface area contributed by atoms with Crippen molar-refractivity contribution in [1.82, 2.24) is 4.31 Å². The first-order valence-corrected chi connectivity index (χ1v) is 8.21. The standard InChI is InChI=1S/C16H18N2O3S/c1-13-7-6-8-14(11-13)17-16(19)12-18(2)22(20,21)15-9-4-3-5-10-15/h3-11H,12H2,1-2H3,(H,17,19). The second-order valence-corrected chi connectivity index (χ2v) is 7.04. The molecule has 0 aliphatic rings. The van der Waals surface area contributed by atoms with E-state index in [-0.39, 0.29) is 17.3 Å². The van der Waals surface area contributed by atoms with Crippen molar-refractivity contribution in [3.63, 3.8) is 0 Å². The third-order valence-electron chi connectivity index (χ3n) is 3.12. The molecular formula is C16H18N2O3S. The highest BCUT2D eigenvalue weighted by Gasteiger charge is 2.22. The molecule has 0 saturated heterocycles. The van der Waals surface area contributed by atoms with Gasteiger partial charge in [-0.2, -0.15) is 4.31 Å². The summed E-state index contributed by atoms with van der Waals surface area (Å²) in [6.07, 6.45) is 0. The highest BCUT2D eigenvalue weighted by atomic mass is 32.2. The Kier molecular flexibility index (Phi) is 4.95. The molecule has 0 aliphatic heterocycles. The summed E-state index contributed by atoms with van der Waals surface area (Å²) in [4.78, 5) is 12.2. The molecule has 0 spiro atoms. The lowest BCUT2D eigenvalue weighted by Crippen LogP contribution is -2.34. The first kappa shape index (κ1) is 16.2. The minimum Gasteiger partial charge on any atom is -0.325 e. The van der Waals surface area contributed by atoms with E-state index in [2.05, 4.69) is 5.32 Å². The average Bonchev–Trinajstić information content (AvgIpc) is 2.48. The minimum absolute atomic E-state index is 0.167. The van der Waals surface area contributed by atoms with Gasteiger partial charge in [0.25, 0.3) is 0 Å². The predicted octanol–water partition coefficient (Wildman–Crippen LogP) is 2.25. The first-order chi connectivity index (χ1) is 10.4. The Labute approximate surface area is 130 Å². The Morgan fingerprint density at radius 1 is 1.09 bits per heavy atom. The minimum atomic E-state index is -3.66. The van der Waals surface area contributed by atoms with Gasteiger partial charge < -0.3 is 5.32 Å². The number of carbonyl (C=O) groups excluding carboxylic acids is 1. The number of nitrogens with zero attached hydrogens (tertiary/aromatic N) is 1. The molecule has 0 unspecified atom stereocenters. The normalized spacial score (nSPS) is 11.4. The lowest BCUT2D eigenvalue weighted by Gasteiger charge is -2.17. The molecule has 22 heavy (non-hydrogen) atoms. The molecule has 0 bridgehead atoms. The van der Waals surface area contributed by atoms with Crippen molar-refractivity contribution < 1.29 is 13.2 Å². The maximum atomic E-state index is 12.3. The smallest absolute Gasteiger partial charge is 0.243 e. The molecular weight excluding hydrogens is 300 g/mol. The molecule has 2 aromatic carbocycles. The zero-order valence-electron chi connectivity index (χ0n) is 12.5. The van der Waals surface area contributed by atoms with Crippen molar-refractivity contribution in [2.75, 3.05) is 18.9 Å². The number of anilines is 1. The van der Waals surface area contributed by atoms with Gasteiger partial charge >= 0.3 is 0 Å². The van der Waals surface area contributed by atoms with Crippen LogP contribution in [0.4, 0.5) is 5.69 Å². The Morgan fingerprint density at radius 2 is 1.77 bits per heavy atom. The molecule has 0 aromatic heterocycles. The second-order valence-electron chi connectivity index (χ2n) is 4.99. The second kappa shape index (κ2) is 6.72. The van der Waals surface area contributed by atoms with Gasteiger partial charge in [-0.25, -0.2) is 8.42 Å². The molecule has 1 N–H and O–H groups in total. The van der Waals surface area contributed by atoms with Crippen LogP contribution in [0.25, 0.3) is 0 Å². The van der Waals surface area contributed by atoms with Crippen LogP contribution in [-0.2, 0) is 14.8 Å². The van der Waals surface area contributed by atoms with E-state index in [1.165, 1.54) is 19.2 Å². The fourth-order valence-corrected chi connectivity index (χ4v) is 3.13. The molecule has 116 valence electrons. The van der Waals surface area contributed by atoms with Crippen LogP contribution in [0.3, 0.4) is 0 Å². The van der Waals surface area contributed by atoms with Crippen LogP contribution in [0, 0.1) is 6.92 Å². The van der Waals surface area contributed by atoms with Crippen molar-refractivity contribution in [2.24, 2.45) is 0 Å². The number of hydrogen-bond donors (Lipinski definition) is 1. The van der Waals surface area contributed by atoms with E-state index in [4.69, 9.17) is 0 Å². The number of sulfonamides is 1. The first-order valence-electron chi connectivity index (χ1n) is 6.77. The molecule has 2 rings (SSSR count). The van der Waals surface area contributed by atoms with Crippen molar-refractivity contribution in [1.29, 1.82) is 0 Å². The number of benzene rings is 2. The number of rotatable bonds is 5. The van der Waals surface area contributed by atoms with Gasteiger partial charge in [-0.3, -0.25) is 4.79 Å². The van der Waals surface area contributed by atoms with Crippen LogP contribution in [-0.4, -0.2) is 32.2 Å². The lowest BCUT2D eigenvalue weighted by molar-refractivity contribution is -0.116. The van der Waals surface area contributed by atoms with Crippen molar-refractivity contribution in [3.05, 3.63) is 60.2 Å². The van der Waals surface area contributed by atoms with E-state index in [0.29, 0.717) is 5.69 Å². The summed E-state index contributed by atoms with van der Waals surface area (Å²) in [5.74, 6) is -0.382. The SMILES string of the molecule is Cc1cccc(NC(=O)CN(C)S(=O)(=O)c2ccccc2)c1. The van der Waals surface area contributed by atoms with Gasteiger partial charge in [-0.15, -0.1) is 0 Å². The summed E-state index contributed by atoms with van der Waals surface area (Å²) >= 11 is 0. The lowest BCUT2D eigenvalue weighted by atomic mass is 10.2. The third kappa shape index (κ3) is 3.93. The van der Waals surface area contributed by atoms with Crippen LogP contribution < -0.4 is 5.32 Å². The Hall–Kier alpha value is -2.18. The molecule has 0 aliphatic carbocycles. The molecule has 0 heterocycles. The van der Waals surface area contributed by atoms with E-state index in [9.17, 15) is 13.2 Å². The topological polar surface area (TPSA) is 66.5 Å². The van der Waals surface area contributed by atoms with Crippen molar-refractivity contribution in [2.45, 2.75) is 11.8 Å². The van der Waals surface area contributed by atoms with Gasteiger partial charge in [0.15, 0.2) is 0 Å². The third-order valence-corrected chi connectivity index (χ3v) is 4.94. The number of hydrogen-bond acceptors (Lipinski definition) is 3. The maximum absolute atomic E-state index is 12.3. The monoisotopic (exact) mass is 318 g/mol. The van der Waals surface area contributed by atoms with Gasteiger partial charge in [0.2, 0.25) is 15.9 Å². The molecule has 0 atom stereocenters. The molecule has 1 amide bonds. The Bertz CT molecular complexity index is 758. The zero-order chi connectivity index (χ0) is 16.2. The number of nitrogens with one attached hydrogen (secondary N) is 1. The van der Waals surface area contributed by atoms with Crippen LogP contribution in [0.1, 0.15) is 5.56 Å². The summed E-state index contributed by atoms with van der Waals surface area (Å²) in [5, 5.41) is 2.69. The number of likely N-dealkylation sites (N-methyl/N-ethyl adjacent to an activating group) is 1. The number of aryl methyl sites for hydroxylation is 1. The fraction of sp³-hybridized carbons (Fsp3) is 0.188. The molecule has 0 saturated carbocycles. The van der Waals surface area contributed by atoms with E-state index >= 15 is 0 Å². The molecule has 0 radical (unpaired) electrons. The van der Waals surface area contributed by atoms with Gasteiger partial charge in [-0.05, 0) is 36.8 Å². The van der Waals surface area contributed by atoms with Gasteiger partial charge in [0.1, 0.15) is 0 Å². The molecule has 2 aromatic rings. The maximum Gasteiger partial charge on any atom is 0.243 e. The summed E-state index contributed by atoms with van der Waals surface area (Å²) < 4.78 is 25.7. The van der Waals surface area contributed by atoms with Crippen molar-refractivity contribution >= 4 is 21.6 Å². The largest absolute Gasteiger partial charge is 0.325 e. The predicted molar refractivity (Wildman–Crippen MR) is 86.1 cm³/mol. The molecule has 6 heteroatoms. The zero-order valence-corrected chi connectivity index (χ0v) is 13.3. The van der Waals surface area contributed by atoms with E-state index in [0.717, 1.165) is 9.87 Å².